The average molecular weight is 252 g/mol. The van der Waals surface area contributed by atoms with Gasteiger partial charge in [0, 0.05) is 17.8 Å². The highest BCUT2D eigenvalue weighted by atomic mass is 32.1. The van der Waals surface area contributed by atoms with Crippen LogP contribution in [0.15, 0.2) is 17.5 Å². The second-order valence-electron chi connectivity index (χ2n) is 4.85. The molecular weight excluding hydrogens is 232 g/mol. The van der Waals surface area contributed by atoms with Crippen molar-refractivity contribution >= 4 is 17.2 Å². The van der Waals surface area contributed by atoms with Gasteiger partial charge in [0.2, 0.25) is 5.91 Å². The second kappa shape index (κ2) is 5.19. The van der Waals surface area contributed by atoms with E-state index < -0.39 is 0 Å². The highest BCUT2D eigenvalue weighted by Gasteiger charge is 2.32. The van der Waals surface area contributed by atoms with Crippen LogP contribution in [-0.2, 0) is 4.79 Å². The molecule has 1 aromatic heterocycles. The van der Waals surface area contributed by atoms with Gasteiger partial charge in [-0.15, -0.1) is 11.3 Å². The van der Waals surface area contributed by atoms with Crippen LogP contribution >= 0.6 is 11.3 Å². The third kappa shape index (κ3) is 2.53. The van der Waals surface area contributed by atoms with Crippen LogP contribution in [-0.4, -0.2) is 30.9 Å². The number of thiophene rings is 1. The summed E-state index contributed by atoms with van der Waals surface area (Å²) >= 11 is 1.71. The summed E-state index contributed by atoms with van der Waals surface area (Å²) in [5.74, 6) is 0.904. The fourth-order valence-electron chi connectivity index (χ4n) is 2.10. The van der Waals surface area contributed by atoms with Gasteiger partial charge >= 0.3 is 0 Å². The minimum Gasteiger partial charge on any atom is -0.338 e. The van der Waals surface area contributed by atoms with Gasteiger partial charge in [-0.1, -0.05) is 13.0 Å². The Hall–Kier alpha value is -0.870. The molecule has 2 rings (SSSR count). The predicted octanol–water partition coefficient (Wildman–Crippen LogP) is 2.12. The lowest BCUT2D eigenvalue weighted by Gasteiger charge is -2.35. The Morgan fingerprint density at radius 1 is 1.53 bits per heavy atom. The van der Waals surface area contributed by atoms with E-state index in [2.05, 4.69) is 23.7 Å². The molecule has 0 aromatic carbocycles. The van der Waals surface area contributed by atoms with Crippen molar-refractivity contribution in [1.29, 1.82) is 0 Å². The molecule has 1 aliphatic heterocycles. The molecule has 94 valence electrons. The van der Waals surface area contributed by atoms with Crippen molar-refractivity contribution in [2.75, 3.05) is 20.1 Å². The fourth-order valence-corrected chi connectivity index (χ4v) is 2.92. The molecule has 3 nitrogen and oxygen atoms in total. The summed E-state index contributed by atoms with van der Waals surface area (Å²) in [5, 5.41) is 5.28. The third-order valence-corrected chi connectivity index (χ3v) is 4.84. The summed E-state index contributed by atoms with van der Waals surface area (Å²) in [5.41, 5.74) is 0. The summed E-state index contributed by atoms with van der Waals surface area (Å²) in [6.45, 7) is 6.10. The SMILES string of the molecule is CC(C(=O)N(C)C(C)c1cccs1)C1CNC1. The van der Waals surface area contributed by atoms with E-state index in [-0.39, 0.29) is 17.9 Å². The van der Waals surface area contributed by atoms with Gasteiger partial charge in [-0.2, -0.15) is 0 Å². The van der Waals surface area contributed by atoms with Gasteiger partial charge in [-0.05, 0) is 37.4 Å². The zero-order valence-electron chi connectivity index (χ0n) is 10.6. The summed E-state index contributed by atoms with van der Waals surface area (Å²) < 4.78 is 0. The molecule has 2 unspecified atom stereocenters. The standard InChI is InChI=1S/C13H20N2OS/c1-9(11-7-14-8-11)13(16)15(3)10(2)12-5-4-6-17-12/h4-6,9-11,14H,7-8H2,1-3H3. The molecule has 1 aromatic rings. The van der Waals surface area contributed by atoms with E-state index in [1.54, 1.807) is 11.3 Å². The van der Waals surface area contributed by atoms with Crippen molar-refractivity contribution in [2.45, 2.75) is 19.9 Å². The molecule has 2 atom stereocenters. The topological polar surface area (TPSA) is 32.3 Å². The third-order valence-electron chi connectivity index (χ3n) is 3.79. The van der Waals surface area contributed by atoms with E-state index in [0.29, 0.717) is 5.92 Å². The molecule has 0 bridgehead atoms. The molecular formula is C13H20N2OS. The summed E-state index contributed by atoms with van der Waals surface area (Å²) in [6.07, 6.45) is 0. The predicted molar refractivity (Wildman–Crippen MR) is 71.0 cm³/mol. The number of nitrogens with one attached hydrogen (secondary N) is 1. The first-order chi connectivity index (χ1) is 8.11. The molecule has 1 fully saturated rings. The molecule has 1 N–H and O–H groups in total. The Kier molecular flexibility index (Phi) is 3.84. The maximum atomic E-state index is 12.3. The summed E-state index contributed by atoms with van der Waals surface area (Å²) in [4.78, 5) is 15.5. The Morgan fingerprint density at radius 2 is 2.24 bits per heavy atom. The van der Waals surface area contributed by atoms with Gasteiger partial charge in [-0.25, -0.2) is 0 Å². The summed E-state index contributed by atoms with van der Waals surface area (Å²) in [6, 6.07) is 4.31. The number of carbonyl (C=O) groups is 1. The van der Waals surface area contributed by atoms with Crippen molar-refractivity contribution in [3.05, 3.63) is 22.4 Å². The van der Waals surface area contributed by atoms with Crippen molar-refractivity contribution in [2.24, 2.45) is 11.8 Å². The largest absolute Gasteiger partial charge is 0.338 e. The van der Waals surface area contributed by atoms with Crippen molar-refractivity contribution in [1.82, 2.24) is 10.2 Å². The summed E-state index contributed by atoms with van der Waals surface area (Å²) in [7, 11) is 1.91. The van der Waals surface area contributed by atoms with E-state index in [4.69, 9.17) is 0 Å². The molecule has 0 saturated carbocycles. The van der Waals surface area contributed by atoms with Crippen molar-refractivity contribution in [3.63, 3.8) is 0 Å². The van der Waals surface area contributed by atoms with Crippen LogP contribution in [0.3, 0.4) is 0 Å². The molecule has 1 saturated heterocycles. The van der Waals surface area contributed by atoms with Crippen LogP contribution in [0.2, 0.25) is 0 Å². The molecule has 0 aliphatic carbocycles. The second-order valence-corrected chi connectivity index (χ2v) is 5.83. The molecule has 2 heterocycles. The van der Waals surface area contributed by atoms with E-state index in [1.165, 1.54) is 4.88 Å². The molecule has 1 amide bonds. The molecule has 0 radical (unpaired) electrons. The van der Waals surface area contributed by atoms with E-state index in [1.807, 2.05) is 24.9 Å². The monoisotopic (exact) mass is 252 g/mol. The lowest BCUT2D eigenvalue weighted by atomic mass is 9.88. The van der Waals surface area contributed by atoms with Crippen LogP contribution in [0.5, 0.6) is 0 Å². The number of carbonyl (C=O) groups excluding carboxylic acids is 1. The maximum Gasteiger partial charge on any atom is 0.226 e. The van der Waals surface area contributed by atoms with Gasteiger partial charge in [0.1, 0.15) is 0 Å². The maximum absolute atomic E-state index is 12.3. The van der Waals surface area contributed by atoms with Crippen molar-refractivity contribution < 1.29 is 4.79 Å². The molecule has 4 heteroatoms. The van der Waals surface area contributed by atoms with E-state index in [0.717, 1.165) is 13.1 Å². The molecule has 1 aliphatic rings. The van der Waals surface area contributed by atoms with E-state index >= 15 is 0 Å². The quantitative estimate of drug-likeness (QED) is 0.890. The smallest absolute Gasteiger partial charge is 0.226 e. The Bertz CT molecular complexity index is 373. The number of hydrogen-bond acceptors (Lipinski definition) is 3. The molecule has 17 heavy (non-hydrogen) atoms. The number of rotatable bonds is 4. The lowest BCUT2D eigenvalue weighted by Crippen LogP contribution is -2.50. The average Bonchev–Trinajstić information content (AvgIpc) is 2.76. The highest BCUT2D eigenvalue weighted by molar-refractivity contribution is 7.10. The van der Waals surface area contributed by atoms with Gasteiger partial charge in [0.15, 0.2) is 0 Å². The van der Waals surface area contributed by atoms with Crippen LogP contribution in [0.4, 0.5) is 0 Å². The van der Waals surface area contributed by atoms with Crippen LogP contribution in [0.25, 0.3) is 0 Å². The van der Waals surface area contributed by atoms with Crippen LogP contribution in [0, 0.1) is 11.8 Å². The minimum atomic E-state index is 0.128. The van der Waals surface area contributed by atoms with Gasteiger partial charge in [-0.3, -0.25) is 4.79 Å². The van der Waals surface area contributed by atoms with Gasteiger partial charge < -0.3 is 10.2 Å². The first kappa shape index (κ1) is 12.6. The number of amides is 1. The van der Waals surface area contributed by atoms with Crippen molar-refractivity contribution in [3.8, 4) is 0 Å². The Labute approximate surface area is 107 Å². The number of hydrogen-bond donors (Lipinski definition) is 1. The normalized spacial score (nSPS) is 19.5. The van der Waals surface area contributed by atoms with Gasteiger partial charge in [0.05, 0.1) is 6.04 Å². The first-order valence-electron chi connectivity index (χ1n) is 6.12. The molecule has 0 spiro atoms. The number of nitrogens with zero attached hydrogens (tertiary/aromatic N) is 1. The highest BCUT2D eigenvalue weighted by Crippen LogP contribution is 2.26. The zero-order valence-corrected chi connectivity index (χ0v) is 11.5. The lowest BCUT2D eigenvalue weighted by molar-refractivity contribution is -0.138. The van der Waals surface area contributed by atoms with Crippen LogP contribution < -0.4 is 5.32 Å². The zero-order chi connectivity index (χ0) is 12.4. The first-order valence-corrected chi connectivity index (χ1v) is 7.00. The Balaban J connectivity index is 1.98. The Morgan fingerprint density at radius 3 is 2.71 bits per heavy atom. The van der Waals surface area contributed by atoms with Crippen LogP contribution in [0.1, 0.15) is 24.8 Å². The van der Waals surface area contributed by atoms with E-state index in [9.17, 15) is 4.79 Å². The minimum absolute atomic E-state index is 0.128. The van der Waals surface area contributed by atoms with Gasteiger partial charge in [0.25, 0.3) is 0 Å². The fraction of sp³-hybridized carbons (Fsp3) is 0.615.